The maximum atomic E-state index is 11.8. The summed E-state index contributed by atoms with van der Waals surface area (Å²) >= 11 is 0.723. The van der Waals surface area contributed by atoms with Crippen molar-refractivity contribution in [3.8, 4) is 0 Å². The molecule has 0 bridgehead atoms. The van der Waals surface area contributed by atoms with Crippen LogP contribution < -0.4 is 0 Å². The van der Waals surface area contributed by atoms with Crippen molar-refractivity contribution >= 4 is 35.3 Å². The molecule has 0 aromatic heterocycles. The first kappa shape index (κ1) is 18.4. The van der Waals surface area contributed by atoms with E-state index in [1.165, 1.54) is 6.92 Å². The third-order valence-electron chi connectivity index (χ3n) is 2.13. The van der Waals surface area contributed by atoms with E-state index in [1.54, 1.807) is 6.92 Å². The predicted molar refractivity (Wildman–Crippen MR) is 71.3 cm³/mol. The van der Waals surface area contributed by atoms with E-state index in [4.69, 9.17) is 9.47 Å². The second-order valence-electron chi connectivity index (χ2n) is 3.48. The third kappa shape index (κ3) is 6.55. The van der Waals surface area contributed by atoms with Crippen LogP contribution in [-0.4, -0.2) is 49.1 Å². The fourth-order valence-corrected chi connectivity index (χ4v) is 2.02. The van der Waals surface area contributed by atoms with Crippen LogP contribution in [0.2, 0.25) is 0 Å². The largest absolute Gasteiger partial charge is 0.468 e. The van der Waals surface area contributed by atoms with Crippen LogP contribution in [0.15, 0.2) is 0 Å². The van der Waals surface area contributed by atoms with Crippen LogP contribution in [0.5, 0.6) is 0 Å². The van der Waals surface area contributed by atoms with Gasteiger partial charge in [-0.05, 0) is 13.3 Å². The van der Waals surface area contributed by atoms with Gasteiger partial charge in [0.2, 0.25) is 5.92 Å². The van der Waals surface area contributed by atoms with Crippen LogP contribution in [0, 0.1) is 5.92 Å². The van der Waals surface area contributed by atoms with Gasteiger partial charge in [0.25, 0.3) is 0 Å². The van der Waals surface area contributed by atoms with E-state index in [9.17, 15) is 19.2 Å². The molecule has 1 radical (unpaired) electrons. The first-order valence-electron chi connectivity index (χ1n) is 5.82. The number of methoxy groups -OCH3 is 1. The van der Waals surface area contributed by atoms with Crippen LogP contribution in [-0.2, 0) is 33.4 Å². The molecular formula is C12H17O7S. The molecule has 0 amide bonds. The van der Waals surface area contributed by atoms with Gasteiger partial charge in [-0.1, -0.05) is 11.8 Å². The summed E-state index contributed by atoms with van der Waals surface area (Å²) in [5.74, 6) is -2.48. The van der Waals surface area contributed by atoms with Gasteiger partial charge in [-0.25, -0.2) is 0 Å². The zero-order valence-electron chi connectivity index (χ0n) is 11.5. The highest BCUT2D eigenvalue weighted by Crippen LogP contribution is 2.26. The summed E-state index contributed by atoms with van der Waals surface area (Å²) in [7, 11) is 1.12. The lowest BCUT2D eigenvalue weighted by Gasteiger charge is -2.20. The molecule has 0 saturated carbocycles. The molecule has 7 nitrogen and oxygen atoms in total. The summed E-state index contributed by atoms with van der Waals surface area (Å²) in [6.45, 7) is 2.88. The summed E-state index contributed by atoms with van der Waals surface area (Å²) in [6.07, 6.45) is 0.117. The highest BCUT2D eigenvalue weighted by atomic mass is 32.2. The van der Waals surface area contributed by atoms with E-state index in [0.717, 1.165) is 18.9 Å². The Morgan fingerprint density at radius 1 is 1.20 bits per heavy atom. The van der Waals surface area contributed by atoms with Crippen molar-refractivity contribution in [3.63, 3.8) is 0 Å². The smallest absolute Gasteiger partial charge is 0.326 e. The van der Waals surface area contributed by atoms with Gasteiger partial charge in [-0.3, -0.25) is 19.2 Å². The van der Waals surface area contributed by atoms with Crippen LogP contribution in [0.1, 0.15) is 20.3 Å². The molecule has 0 aromatic carbocycles. The Morgan fingerprint density at radius 2 is 1.85 bits per heavy atom. The molecule has 0 heterocycles. The molecule has 0 aliphatic carbocycles. The van der Waals surface area contributed by atoms with Gasteiger partial charge in [0.05, 0.1) is 20.3 Å². The number of carbonyl (C=O) groups excluding carboxylic acids is 4. The standard InChI is InChI=1S/C12H17O7S/c1-4-18-12(16)10(11(15)17-3)9(20-7-13)5-6-19-8(2)14/h7,9H,4-6H2,1-3H3. The van der Waals surface area contributed by atoms with Crippen LogP contribution in [0.3, 0.4) is 0 Å². The Morgan fingerprint density at radius 3 is 2.30 bits per heavy atom. The fourth-order valence-electron chi connectivity index (χ4n) is 1.32. The molecular weight excluding hydrogens is 288 g/mol. The van der Waals surface area contributed by atoms with E-state index >= 15 is 0 Å². The van der Waals surface area contributed by atoms with Crippen molar-refractivity contribution in [1.82, 2.24) is 0 Å². The minimum atomic E-state index is -0.870. The maximum absolute atomic E-state index is 11.8. The molecule has 0 N–H and O–H groups in total. The van der Waals surface area contributed by atoms with Gasteiger partial charge in [0.15, 0.2) is 5.62 Å². The van der Waals surface area contributed by atoms with E-state index in [2.05, 4.69) is 4.74 Å². The first-order chi connectivity index (χ1) is 9.47. The molecule has 1 unspecified atom stereocenters. The molecule has 8 heteroatoms. The minimum absolute atomic E-state index is 0.0270. The Hall–Kier alpha value is -1.57. The number of rotatable bonds is 9. The molecule has 0 fully saturated rings. The Balaban J connectivity index is 4.90. The van der Waals surface area contributed by atoms with Crippen molar-refractivity contribution in [2.24, 2.45) is 0 Å². The third-order valence-corrected chi connectivity index (χ3v) is 3.04. The monoisotopic (exact) mass is 305 g/mol. The number of thioether (sulfide) groups is 1. The molecule has 113 valence electrons. The van der Waals surface area contributed by atoms with E-state index in [0.29, 0.717) is 5.62 Å². The van der Waals surface area contributed by atoms with Crippen molar-refractivity contribution in [2.75, 3.05) is 20.3 Å². The second-order valence-corrected chi connectivity index (χ2v) is 4.51. The van der Waals surface area contributed by atoms with Crippen molar-refractivity contribution in [1.29, 1.82) is 0 Å². The fraction of sp³-hybridized carbons (Fsp3) is 0.583. The Labute approximate surface area is 121 Å². The van der Waals surface area contributed by atoms with Gasteiger partial charge in [-0.15, -0.1) is 0 Å². The number of esters is 3. The normalized spacial score (nSPS) is 11.6. The molecule has 20 heavy (non-hydrogen) atoms. The number of hydrogen-bond donors (Lipinski definition) is 0. The summed E-state index contributed by atoms with van der Waals surface area (Å²) in [4.78, 5) is 44.7. The number of hydrogen-bond acceptors (Lipinski definition) is 8. The first-order valence-corrected chi connectivity index (χ1v) is 6.76. The molecule has 0 aromatic rings. The zero-order valence-corrected chi connectivity index (χ0v) is 12.4. The van der Waals surface area contributed by atoms with Gasteiger partial charge in [0.1, 0.15) is 0 Å². The number of ether oxygens (including phenoxy) is 3. The maximum Gasteiger partial charge on any atom is 0.326 e. The van der Waals surface area contributed by atoms with Gasteiger partial charge in [-0.2, -0.15) is 0 Å². The average molecular weight is 305 g/mol. The van der Waals surface area contributed by atoms with Gasteiger partial charge in [0, 0.05) is 12.2 Å². The topological polar surface area (TPSA) is 96.0 Å². The summed E-state index contributed by atoms with van der Waals surface area (Å²) in [6, 6.07) is 0. The highest BCUT2D eigenvalue weighted by molar-refractivity contribution is 8.12. The Bertz CT molecular complexity index is 356. The Kier molecular flexibility index (Phi) is 9.44. The van der Waals surface area contributed by atoms with Crippen LogP contribution in [0.4, 0.5) is 0 Å². The van der Waals surface area contributed by atoms with Crippen LogP contribution >= 0.6 is 11.8 Å². The molecule has 0 aliphatic heterocycles. The molecule has 0 saturated heterocycles. The van der Waals surface area contributed by atoms with E-state index in [-0.39, 0.29) is 25.6 Å². The summed E-state index contributed by atoms with van der Waals surface area (Å²) in [5, 5.41) is -0.793. The van der Waals surface area contributed by atoms with Crippen molar-refractivity contribution in [2.45, 2.75) is 25.5 Å². The van der Waals surface area contributed by atoms with Crippen molar-refractivity contribution < 1.29 is 33.4 Å². The van der Waals surface area contributed by atoms with E-state index < -0.39 is 23.2 Å². The average Bonchev–Trinajstić information content (AvgIpc) is 2.38. The lowest BCUT2D eigenvalue weighted by atomic mass is 10.0. The zero-order chi connectivity index (χ0) is 15.5. The lowest BCUT2D eigenvalue weighted by Crippen LogP contribution is -2.34. The molecule has 1 atom stereocenters. The van der Waals surface area contributed by atoms with Crippen molar-refractivity contribution in [3.05, 3.63) is 5.92 Å². The molecule has 0 aliphatic rings. The SMILES string of the molecule is CCOC(=O)[C](C(=O)OC)C(CCOC(C)=O)SC=O. The quantitative estimate of drug-likeness (QED) is 0.264. The highest BCUT2D eigenvalue weighted by Gasteiger charge is 2.39. The number of carbonyl (C=O) groups is 4. The second kappa shape index (κ2) is 10.2. The molecule has 0 rings (SSSR count). The summed E-state index contributed by atoms with van der Waals surface area (Å²) < 4.78 is 14.0. The van der Waals surface area contributed by atoms with Gasteiger partial charge < -0.3 is 14.2 Å². The predicted octanol–water partition coefficient (Wildman–Crippen LogP) is 0.542. The molecule has 0 spiro atoms. The van der Waals surface area contributed by atoms with Gasteiger partial charge >= 0.3 is 17.9 Å². The minimum Gasteiger partial charge on any atom is -0.468 e. The van der Waals surface area contributed by atoms with E-state index in [1.807, 2.05) is 0 Å². The summed E-state index contributed by atoms with van der Waals surface area (Å²) in [5.41, 5.74) is 0.501. The van der Waals surface area contributed by atoms with Crippen LogP contribution in [0.25, 0.3) is 0 Å². The lowest BCUT2D eigenvalue weighted by molar-refractivity contribution is -0.149.